The number of aromatic nitrogens is 20. The summed E-state index contributed by atoms with van der Waals surface area (Å²) in [7, 11) is 0. The molecule has 4 amide bonds. The minimum Gasteiger partial charge on any atom is -0.458 e. The topological polar surface area (TPSA) is 360 Å². The van der Waals surface area contributed by atoms with Gasteiger partial charge in [0, 0.05) is 112 Å². The lowest BCUT2D eigenvalue weighted by molar-refractivity contribution is 0.0445. The molecule has 12 atom stereocenters. The first-order chi connectivity index (χ1) is 58.6. The lowest BCUT2D eigenvalue weighted by Gasteiger charge is -2.33. The van der Waals surface area contributed by atoms with Crippen molar-refractivity contribution in [3.8, 4) is 58.2 Å². The van der Waals surface area contributed by atoms with Crippen LogP contribution in [0.2, 0.25) is 0 Å². The van der Waals surface area contributed by atoms with Crippen LogP contribution in [0.3, 0.4) is 0 Å². The second-order valence-electron chi connectivity index (χ2n) is 31.5. The standard InChI is InChI=1S/C23H22FN5O2.C22H22N6O2.C21H23N7O2.C21H22N6O2/c1-2-14-11-27-23(28-12-14)31-19-10-15-9-18(19)29(13-15)22(30)16-5-3-6-17(24)20(16)21-25-7-4-8-26-21;1-13-6-16(20-23-4-3-5-24-20)19(25-9-13)21(29)28-12-15-7-17(28)18(8-15)30-22-26-10-14(2)11-27-22;1-3-14-10-22-21(23-11-14)30-18-9-15-8-17(18)27(12-15)20(29)19-16(5-4-13(2)26-19)28-24-6-7-25-28;1-2-14-11-22-21(23-12-14)29-19-10-15-9-18(19)26(13-15)20(28)16-5-3-4-6-17(16)27-24-7-8-25-27/h3-8,11-12,15,18-19H,2,9-10,13H2,1H3;3-6,9-11,15,17-18H,7-8,12H2,1-2H3;4-7,10-11,15,17-18H,3,8-9,12H2,1-2H3;3-8,11-12,15,18-19H,2,9-10,13H2,1H3. The summed E-state index contributed by atoms with van der Waals surface area (Å²) in [5.41, 5.74) is 9.54. The summed E-state index contributed by atoms with van der Waals surface area (Å²) < 4.78 is 39.0. The number of piperidine rings is 4. The molecule has 4 aliphatic carbocycles. The number of para-hydroxylation sites is 1. The average molecular weight is 1620 g/mol. The van der Waals surface area contributed by atoms with Crippen LogP contribution in [0.1, 0.15) is 147 Å². The molecule has 8 fully saturated rings. The van der Waals surface area contributed by atoms with Crippen molar-refractivity contribution >= 4 is 23.6 Å². The first kappa shape index (κ1) is 79.0. The molecule has 0 N–H and O–H groups in total. The highest BCUT2D eigenvalue weighted by molar-refractivity contribution is 6.01. The van der Waals surface area contributed by atoms with Gasteiger partial charge in [-0.2, -0.15) is 25.2 Å². The molecule has 4 saturated heterocycles. The van der Waals surface area contributed by atoms with Gasteiger partial charge in [-0.05, 0) is 197 Å². The Kier molecular flexibility index (Phi) is 23.0. The lowest BCUT2D eigenvalue weighted by Crippen LogP contribution is -2.47. The van der Waals surface area contributed by atoms with Gasteiger partial charge in [0.2, 0.25) is 0 Å². The summed E-state index contributed by atoms with van der Waals surface area (Å²) in [6.07, 6.45) is 38.0. The normalized spacial score (nSPS) is 22.4. The van der Waals surface area contributed by atoms with Crippen LogP contribution >= 0.6 is 0 Å². The van der Waals surface area contributed by atoms with Crippen LogP contribution in [0.5, 0.6) is 24.0 Å². The summed E-state index contributed by atoms with van der Waals surface area (Å²) in [5.74, 6) is 1.33. The van der Waals surface area contributed by atoms with Crippen molar-refractivity contribution in [2.24, 2.45) is 23.7 Å². The molecule has 20 rings (SSSR count). The van der Waals surface area contributed by atoms with Crippen LogP contribution in [0.15, 0.2) is 178 Å². The molecule has 33 heteroatoms. The number of pyridine rings is 2. The maximum Gasteiger partial charge on any atom is 0.316 e. The molecule has 14 heterocycles. The van der Waals surface area contributed by atoms with E-state index in [0.717, 1.165) is 111 Å². The van der Waals surface area contributed by atoms with Crippen molar-refractivity contribution in [2.75, 3.05) is 26.2 Å². The number of hydrogen-bond acceptors (Lipinski definition) is 26. The van der Waals surface area contributed by atoms with Crippen LogP contribution in [0, 0.1) is 50.3 Å². The molecular weight excluding hydrogens is 1530 g/mol. The minimum atomic E-state index is -0.515. The highest BCUT2D eigenvalue weighted by Crippen LogP contribution is 2.45. The third kappa shape index (κ3) is 16.9. The van der Waals surface area contributed by atoms with E-state index in [0.29, 0.717) is 107 Å². The Bertz CT molecular complexity index is 5600. The van der Waals surface area contributed by atoms with Crippen molar-refractivity contribution in [2.45, 2.75) is 161 Å². The molecule has 2 aromatic carbocycles. The predicted molar refractivity (Wildman–Crippen MR) is 432 cm³/mol. The van der Waals surface area contributed by atoms with Crippen LogP contribution in [0.25, 0.3) is 34.2 Å². The van der Waals surface area contributed by atoms with Gasteiger partial charge in [-0.25, -0.2) is 69.2 Å². The smallest absolute Gasteiger partial charge is 0.316 e. The second kappa shape index (κ2) is 35.0. The van der Waals surface area contributed by atoms with E-state index >= 15 is 0 Å². The number of nitrogens with zero attached hydrogens (tertiary/aromatic N) is 24. The van der Waals surface area contributed by atoms with Crippen molar-refractivity contribution < 1.29 is 42.5 Å². The number of halogens is 1. The zero-order valence-electron chi connectivity index (χ0n) is 67.2. The summed E-state index contributed by atoms with van der Waals surface area (Å²) in [6.45, 7) is 14.7. The second-order valence-corrected chi connectivity index (χ2v) is 31.5. The third-order valence-corrected chi connectivity index (χ3v) is 23.5. The number of likely N-dealkylation sites (tertiary alicyclic amines) is 4. The molecule has 8 bridgehead atoms. The van der Waals surface area contributed by atoms with E-state index in [9.17, 15) is 23.6 Å². The molecule has 8 aliphatic rings. The number of hydrogen-bond donors (Lipinski definition) is 0. The summed E-state index contributed by atoms with van der Waals surface area (Å²) in [6, 6.07) is 22.3. The van der Waals surface area contributed by atoms with E-state index in [1.54, 1.807) is 122 Å². The van der Waals surface area contributed by atoms with E-state index in [2.05, 4.69) is 104 Å². The average Bonchev–Trinajstić information content (AvgIpc) is 1.61. The van der Waals surface area contributed by atoms with Gasteiger partial charge in [0.1, 0.15) is 41.6 Å². The van der Waals surface area contributed by atoms with Gasteiger partial charge in [-0.3, -0.25) is 24.2 Å². The number of carbonyl (C=O) groups is 4. The van der Waals surface area contributed by atoms with Gasteiger partial charge in [-0.1, -0.05) is 39.0 Å². The Hall–Kier alpha value is -13.5. The molecule has 12 unspecified atom stereocenters. The van der Waals surface area contributed by atoms with Gasteiger partial charge in [-0.15, -0.1) is 4.80 Å². The maximum atomic E-state index is 14.7. The summed E-state index contributed by atoms with van der Waals surface area (Å²) in [4.78, 5) is 125. The molecule has 32 nitrogen and oxygen atoms in total. The van der Waals surface area contributed by atoms with E-state index in [1.165, 1.54) is 28.1 Å². The first-order valence-electron chi connectivity index (χ1n) is 40.8. The van der Waals surface area contributed by atoms with E-state index in [1.807, 2.05) is 84.9 Å². The van der Waals surface area contributed by atoms with Crippen LogP contribution in [-0.4, -0.2) is 218 Å². The Morgan fingerprint density at radius 2 is 0.758 bits per heavy atom. The summed E-state index contributed by atoms with van der Waals surface area (Å²) in [5, 5.41) is 16.7. The number of carbonyl (C=O) groups excluding carboxylic acids is 4. The third-order valence-electron chi connectivity index (χ3n) is 23.5. The molecule has 612 valence electrons. The lowest BCUT2D eigenvalue weighted by atomic mass is 10.0. The first-order valence-corrected chi connectivity index (χ1v) is 40.8. The highest BCUT2D eigenvalue weighted by Gasteiger charge is 2.53. The number of rotatable bonds is 19. The molecule has 10 aromatic heterocycles. The van der Waals surface area contributed by atoms with Gasteiger partial charge in [0.15, 0.2) is 17.3 Å². The van der Waals surface area contributed by atoms with Crippen LogP contribution < -0.4 is 18.9 Å². The maximum absolute atomic E-state index is 14.7. The monoisotopic (exact) mass is 1620 g/mol. The predicted octanol–water partition coefficient (Wildman–Crippen LogP) is 10.3. The minimum absolute atomic E-state index is 0.0130. The SMILES string of the molecule is CCc1cnc(OC2CC3CC2N(C(=O)c2cccc(F)c2-c2ncccn2)C3)nc1.CCc1cnc(OC2CC3CC2N(C(=O)c2ccccc2-n2nccn2)C3)nc1.CCc1cnc(OC2CC3CC2N(C(=O)c2nc(C)ccc2-n2nccn2)C3)nc1.Cc1cnc(OC2CC3CC2N(C(=O)c2ncc(C)cc2-c2ncccn2)C3)nc1. The fraction of sp³-hybridized carbons (Fsp3) is 0.379. The largest absolute Gasteiger partial charge is 0.458 e. The number of ether oxygens (including phenoxy) is 4. The molecular formula is C87H89FN24O8. The van der Waals surface area contributed by atoms with Crippen molar-refractivity contribution in [3.63, 3.8) is 0 Å². The zero-order chi connectivity index (χ0) is 82.5. The van der Waals surface area contributed by atoms with Crippen LogP contribution in [-0.2, 0) is 19.3 Å². The van der Waals surface area contributed by atoms with Gasteiger partial charge >= 0.3 is 24.0 Å². The van der Waals surface area contributed by atoms with Gasteiger partial charge in [0.25, 0.3) is 23.6 Å². The zero-order valence-corrected chi connectivity index (χ0v) is 67.2. The Balaban J connectivity index is 0.000000114. The van der Waals surface area contributed by atoms with E-state index in [-0.39, 0.29) is 89.2 Å². The fourth-order valence-electron chi connectivity index (χ4n) is 17.7. The van der Waals surface area contributed by atoms with Gasteiger partial charge in [0.05, 0.1) is 76.9 Å². The van der Waals surface area contributed by atoms with E-state index in [4.69, 9.17) is 18.9 Å². The van der Waals surface area contributed by atoms with Gasteiger partial charge < -0.3 is 38.5 Å². The number of benzene rings is 2. The molecule has 4 aliphatic heterocycles. The number of aryl methyl sites for hydroxylation is 6. The molecule has 4 saturated carbocycles. The quantitative estimate of drug-likeness (QED) is 0.0726. The van der Waals surface area contributed by atoms with Crippen LogP contribution in [0.4, 0.5) is 4.39 Å². The fourth-order valence-corrected chi connectivity index (χ4v) is 17.7. The van der Waals surface area contributed by atoms with Crippen molar-refractivity contribution in [1.29, 1.82) is 0 Å². The van der Waals surface area contributed by atoms with Crippen molar-refractivity contribution in [3.05, 3.63) is 240 Å². The Morgan fingerprint density at radius 3 is 1.20 bits per heavy atom. The molecule has 12 aromatic rings. The Morgan fingerprint density at radius 1 is 0.375 bits per heavy atom. The van der Waals surface area contributed by atoms with Crippen molar-refractivity contribution in [1.82, 2.24) is 119 Å². The van der Waals surface area contributed by atoms with E-state index < -0.39 is 5.82 Å². The Labute approximate surface area is 691 Å². The number of amides is 4. The molecule has 0 radical (unpaired) electrons. The number of fused-ring (bicyclic) bond motifs is 8. The molecule has 120 heavy (non-hydrogen) atoms. The highest BCUT2D eigenvalue weighted by atomic mass is 19.1. The summed E-state index contributed by atoms with van der Waals surface area (Å²) >= 11 is 0. The molecule has 0 spiro atoms.